The summed E-state index contributed by atoms with van der Waals surface area (Å²) < 4.78 is 16.4. The molecular weight excluding hydrogens is 534 g/mol. The number of nitrogens with one attached hydrogen (secondary N) is 2. The molecule has 1 heterocycles. The Morgan fingerprint density at radius 1 is 0.952 bits per heavy atom. The maximum absolute atomic E-state index is 14.1. The molecule has 3 aromatic carbocycles. The van der Waals surface area contributed by atoms with Gasteiger partial charge in [0.25, 0.3) is 11.8 Å². The Morgan fingerprint density at radius 2 is 1.67 bits per heavy atom. The maximum Gasteiger partial charge on any atom is 0.259 e. The Labute approximate surface area is 247 Å². The van der Waals surface area contributed by atoms with Gasteiger partial charge in [-0.05, 0) is 61.6 Å². The van der Waals surface area contributed by atoms with Gasteiger partial charge >= 0.3 is 0 Å². The van der Waals surface area contributed by atoms with E-state index < -0.39 is 23.9 Å². The molecule has 0 aliphatic carbocycles. The predicted molar refractivity (Wildman–Crippen MR) is 161 cm³/mol. The maximum atomic E-state index is 14.1. The van der Waals surface area contributed by atoms with Gasteiger partial charge < -0.3 is 29.7 Å². The zero-order valence-electron chi connectivity index (χ0n) is 25.1. The highest BCUT2D eigenvalue weighted by molar-refractivity contribution is 6.11. The Kier molecular flexibility index (Phi) is 9.72. The van der Waals surface area contributed by atoms with E-state index in [4.69, 9.17) is 14.2 Å². The molecule has 3 amide bonds. The lowest BCUT2D eigenvalue weighted by molar-refractivity contribution is -0.129. The molecule has 0 saturated heterocycles. The second-order valence-corrected chi connectivity index (χ2v) is 10.3. The van der Waals surface area contributed by atoms with Crippen LogP contribution in [0.5, 0.6) is 17.2 Å². The van der Waals surface area contributed by atoms with Gasteiger partial charge in [-0.15, -0.1) is 0 Å². The van der Waals surface area contributed by atoms with Crippen LogP contribution in [-0.2, 0) is 16.0 Å². The summed E-state index contributed by atoms with van der Waals surface area (Å²) in [5.74, 6) is 0.166. The van der Waals surface area contributed by atoms with E-state index in [1.807, 2.05) is 63.2 Å². The zero-order valence-corrected chi connectivity index (χ0v) is 25.1. The first kappa shape index (κ1) is 30.4. The zero-order chi connectivity index (χ0) is 30.4. The topological polar surface area (TPSA) is 106 Å². The number of carbonyl (C=O) groups excluding carboxylic acids is 3. The molecule has 3 aromatic rings. The largest absolute Gasteiger partial charge is 0.497 e. The van der Waals surface area contributed by atoms with Crippen LogP contribution in [0.25, 0.3) is 0 Å². The first-order valence-electron chi connectivity index (χ1n) is 14.1. The number of amides is 3. The number of methoxy groups -OCH3 is 3. The van der Waals surface area contributed by atoms with Gasteiger partial charge in [-0.3, -0.25) is 14.4 Å². The summed E-state index contributed by atoms with van der Waals surface area (Å²) in [6, 6.07) is 14.8. The molecule has 1 aliphatic heterocycles. The van der Waals surface area contributed by atoms with Crippen molar-refractivity contribution in [1.82, 2.24) is 10.2 Å². The van der Waals surface area contributed by atoms with Crippen LogP contribution in [0.2, 0.25) is 0 Å². The molecule has 2 atom stereocenters. The van der Waals surface area contributed by atoms with E-state index in [0.717, 1.165) is 22.4 Å². The molecule has 0 saturated carbocycles. The van der Waals surface area contributed by atoms with Crippen LogP contribution in [0.4, 0.5) is 5.69 Å². The number of fused-ring (bicyclic) bond motifs is 1. The van der Waals surface area contributed by atoms with E-state index in [1.165, 1.54) is 19.1 Å². The fourth-order valence-electron chi connectivity index (χ4n) is 5.52. The minimum absolute atomic E-state index is 0.226. The third-order valence-corrected chi connectivity index (χ3v) is 7.62. The molecule has 1 unspecified atom stereocenters. The van der Waals surface area contributed by atoms with Crippen molar-refractivity contribution in [2.24, 2.45) is 0 Å². The summed E-state index contributed by atoms with van der Waals surface area (Å²) in [6.07, 6.45) is 1.58. The van der Waals surface area contributed by atoms with Crippen molar-refractivity contribution in [2.45, 2.75) is 52.1 Å². The minimum Gasteiger partial charge on any atom is -0.497 e. The summed E-state index contributed by atoms with van der Waals surface area (Å²) in [7, 11) is 4.55. The van der Waals surface area contributed by atoms with E-state index in [0.29, 0.717) is 42.8 Å². The van der Waals surface area contributed by atoms with Crippen molar-refractivity contribution < 1.29 is 28.6 Å². The third-order valence-electron chi connectivity index (χ3n) is 7.62. The third kappa shape index (κ3) is 6.05. The molecule has 0 bridgehead atoms. The lowest BCUT2D eigenvalue weighted by atomic mass is 10.0. The lowest BCUT2D eigenvalue weighted by Gasteiger charge is -2.32. The molecular formula is C33H39N3O6. The standard InChI is InChI=1S/C33H39N3O6/c1-7-10-25(31(37)34-18-17-22-13-9-14-23(19-22)40-4)36-29(32(38)35-28-20(2)11-8-12-21(28)3)24-15-16-26(41-5)30(42-6)27(24)33(36)39/h8-9,11-16,19,25,29H,7,10,17-18H2,1-6H3,(H,34,37)(H,35,38)/t25-,29?/m1/s1. The number of anilines is 1. The average molecular weight is 574 g/mol. The number of hydrogen-bond acceptors (Lipinski definition) is 6. The number of aryl methyl sites for hydroxylation is 2. The fourth-order valence-corrected chi connectivity index (χ4v) is 5.52. The van der Waals surface area contributed by atoms with Crippen LogP contribution >= 0.6 is 0 Å². The second-order valence-electron chi connectivity index (χ2n) is 10.3. The van der Waals surface area contributed by atoms with E-state index in [2.05, 4.69) is 10.6 Å². The highest BCUT2D eigenvalue weighted by Crippen LogP contribution is 2.45. The smallest absolute Gasteiger partial charge is 0.259 e. The van der Waals surface area contributed by atoms with Crippen LogP contribution in [-0.4, -0.2) is 56.5 Å². The van der Waals surface area contributed by atoms with Crippen LogP contribution in [0, 0.1) is 13.8 Å². The van der Waals surface area contributed by atoms with Crippen molar-refractivity contribution in [1.29, 1.82) is 0 Å². The lowest BCUT2D eigenvalue weighted by Crippen LogP contribution is -2.51. The Balaban J connectivity index is 1.69. The second kappa shape index (κ2) is 13.4. The van der Waals surface area contributed by atoms with Crippen molar-refractivity contribution in [2.75, 3.05) is 33.2 Å². The summed E-state index contributed by atoms with van der Waals surface area (Å²) in [4.78, 5) is 43.3. The summed E-state index contributed by atoms with van der Waals surface area (Å²) in [6.45, 7) is 6.13. The summed E-state index contributed by atoms with van der Waals surface area (Å²) in [5.41, 5.74) is 4.17. The Hall–Kier alpha value is -4.53. The summed E-state index contributed by atoms with van der Waals surface area (Å²) in [5, 5.41) is 6.04. The molecule has 0 aromatic heterocycles. The van der Waals surface area contributed by atoms with Gasteiger partial charge in [-0.1, -0.05) is 49.7 Å². The van der Waals surface area contributed by atoms with Gasteiger partial charge in [0.05, 0.1) is 26.9 Å². The Morgan fingerprint density at radius 3 is 2.31 bits per heavy atom. The molecule has 0 fully saturated rings. The fraction of sp³-hybridized carbons (Fsp3) is 0.364. The molecule has 42 heavy (non-hydrogen) atoms. The Bertz CT molecular complexity index is 1450. The van der Waals surface area contributed by atoms with E-state index in [9.17, 15) is 14.4 Å². The van der Waals surface area contributed by atoms with Crippen LogP contribution in [0.15, 0.2) is 54.6 Å². The normalized spacial score (nSPS) is 14.7. The number of benzene rings is 3. The number of nitrogens with zero attached hydrogens (tertiary/aromatic N) is 1. The number of hydrogen-bond donors (Lipinski definition) is 2. The van der Waals surface area contributed by atoms with Gasteiger partial charge in [-0.2, -0.15) is 0 Å². The van der Waals surface area contributed by atoms with Crippen LogP contribution in [0.1, 0.15) is 58.4 Å². The van der Waals surface area contributed by atoms with Crippen molar-refractivity contribution in [3.63, 3.8) is 0 Å². The highest BCUT2D eigenvalue weighted by atomic mass is 16.5. The number of carbonyl (C=O) groups is 3. The first-order valence-corrected chi connectivity index (χ1v) is 14.1. The van der Waals surface area contributed by atoms with E-state index in [-0.39, 0.29) is 17.2 Å². The molecule has 222 valence electrons. The number of rotatable bonds is 12. The molecule has 2 N–H and O–H groups in total. The van der Waals surface area contributed by atoms with Crippen molar-refractivity contribution >= 4 is 23.4 Å². The van der Waals surface area contributed by atoms with Gasteiger partial charge in [0.15, 0.2) is 11.5 Å². The SMILES string of the molecule is CCC[C@H](C(=O)NCCc1cccc(OC)c1)N1C(=O)c2c(ccc(OC)c2OC)C1C(=O)Nc1c(C)cccc1C. The quantitative estimate of drug-likeness (QED) is 0.316. The molecule has 9 heteroatoms. The van der Waals surface area contributed by atoms with Crippen molar-refractivity contribution in [3.05, 3.63) is 82.4 Å². The molecule has 9 nitrogen and oxygen atoms in total. The molecule has 0 spiro atoms. The molecule has 0 radical (unpaired) electrons. The number of ether oxygens (including phenoxy) is 3. The summed E-state index contributed by atoms with van der Waals surface area (Å²) >= 11 is 0. The first-order chi connectivity index (χ1) is 20.2. The predicted octanol–water partition coefficient (Wildman–Crippen LogP) is 4.99. The monoisotopic (exact) mass is 573 g/mol. The average Bonchev–Trinajstić information content (AvgIpc) is 3.29. The number of para-hydroxylation sites is 1. The molecule has 1 aliphatic rings. The van der Waals surface area contributed by atoms with Gasteiger partial charge in [0.1, 0.15) is 17.8 Å². The van der Waals surface area contributed by atoms with Crippen molar-refractivity contribution in [3.8, 4) is 17.2 Å². The molecule has 4 rings (SSSR count). The van der Waals surface area contributed by atoms with E-state index >= 15 is 0 Å². The van der Waals surface area contributed by atoms with Gasteiger partial charge in [0.2, 0.25) is 5.91 Å². The van der Waals surface area contributed by atoms with Gasteiger partial charge in [-0.25, -0.2) is 0 Å². The highest BCUT2D eigenvalue weighted by Gasteiger charge is 2.48. The minimum atomic E-state index is -1.05. The van der Waals surface area contributed by atoms with Crippen LogP contribution < -0.4 is 24.8 Å². The van der Waals surface area contributed by atoms with Gasteiger partial charge in [0, 0.05) is 17.8 Å². The van der Waals surface area contributed by atoms with E-state index in [1.54, 1.807) is 19.2 Å². The van der Waals surface area contributed by atoms with Crippen LogP contribution in [0.3, 0.4) is 0 Å².